The average Bonchev–Trinajstić information content (AvgIpc) is 3.13. The van der Waals surface area contributed by atoms with Gasteiger partial charge in [0.25, 0.3) is 0 Å². The molecule has 0 spiro atoms. The van der Waals surface area contributed by atoms with E-state index in [9.17, 15) is 4.79 Å². The molecule has 110 valence electrons. The largest absolute Gasteiger partial charge is 0.472 e. The lowest BCUT2D eigenvalue weighted by Gasteiger charge is -2.17. The van der Waals surface area contributed by atoms with Crippen LogP contribution in [-0.2, 0) is 0 Å². The first-order valence-corrected chi connectivity index (χ1v) is 8.26. The minimum Gasteiger partial charge on any atom is -0.472 e. The van der Waals surface area contributed by atoms with Gasteiger partial charge in [-0.05, 0) is 45.6 Å². The van der Waals surface area contributed by atoms with E-state index in [4.69, 9.17) is 4.74 Å². The standard InChI is InChI=1S/C14H14BrN3O2S/c15-11-3-1-6-16-13(11)20-10-5-7-18(9-10)14(19)17-12-4-2-8-21-12/h1-4,6,8,10H,5,7,9H2,(H,17,19). The van der Waals surface area contributed by atoms with Crippen molar-refractivity contribution in [3.8, 4) is 5.88 Å². The summed E-state index contributed by atoms with van der Waals surface area (Å²) in [5.74, 6) is 0.572. The molecule has 7 heteroatoms. The summed E-state index contributed by atoms with van der Waals surface area (Å²) < 4.78 is 6.67. The highest BCUT2D eigenvalue weighted by Gasteiger charge is 2.28. The lowest BCUT2D eigenvalue weighted by molar-refractivity contribution is 0.189. The van der Waals surface area contributed by atoms with Gasteiger partial charge in [-0.2, -0.15) is 0 Å². The Morgan fingerprint density at radius 2 is 2.38 bits per heavy atom. The minimum absolute atomic E-state index is 0.0229. The number of nitrogens with zero attached hydrogens (tertiary/aromatic N) is 2. The second kappa shape index (κ2) is 6.44. The van der Waals surface area contributed by atoms with E-state index in [1.54, 1.807) is 11.1 Å². The number of pyridine rings is 1. The number of thiophene rings is 1. The Morgan fingerprint density at radius 1 is 1.48 bits per heavy atom. The van der Waals surface area contributed by atoms with Gasteiger partial charge in [-0.25, -0.2) is 9.78 Å². The summed E-state index contributed by atoms with van der Waals surface area (Å²) in [6.45, 7) is 1.26. The Hall–Kier alpha value is -1.60. The Morgan fingerprint density at radius 3 is 3.14 bits per heavy atom. The number of ether oxygens (including phenoxy) is 1. The van der Waals surface area contributed by atoms with Gasteiger partial charge in [-0.1, -0.05) is 0 Å². The fraction of sp³-hybridized carbons (Fsp3) is 0.286. The number of halogens is 1. The molecule has 21 heavy (non-hydrogen) atoms. The molecule has 3 rings (SSSR count). The summed E-state index contributed by atoms with van der Waals surface area (Å²) >= 11 is 4.92. The normalized spacial score (nSPS) is 17.8. The van der Waals surface area contributed by atoms with E-state index in [0.29, 0.717) is 19.0 Å². The number of hydrogen-bond donors (Lipinski definition) is 1. The van der Waals surface area contributed by atoms with E-state index >= 15 is 0 Å². The fourth-order valence-corrected chi connectivity index (χ4v) is 3.11. The van der Waals surface area contributed by atoms with Crippen molar-refractivity contribution in [2.75, 3.05) is 18.4 Å². The summed E-state index contributed by atoms with van der Waals surface area (Å²) in [6, 6.07) is 7.45. The molecule has 3 heterocycles. The lowest BCUT2D eigenvalue weighted by Crippen LogP contribution is -2.34. The van der Waals surface area contributed by atoms with Crippen molar-refractivity contribution < 1.29 is 9.53 Å². The number of anilines is 1. The number of hydrogen-bond acceptors (Lipinski definition) is 4. The van der Waals surface area contributed by atoms with Gasteiger partial charge in [0.1, 0.15) is 6.10 Å². The van der Waals surface area contributed by atoms with Gasteiger partial charge >= 0.3 is 6.03 Å². The highest BCUT2D eigenvalue weighted by molar-refractivity contribution is 9.10. The zero-order chi connectivity index (χ0) is 14.7. The van der Waals surface area contributed by atoms with Gasteiger partial charge in [0.2, 0.25) is 5.88 Å². The topological polar surface area (TPSA) is 54.5 Å². The molecule has 2 amide bonds. The van der Waals surface area contributed by atoms with Crippen LogP contribution in [0.4, 0.5) is 9.80 Å². The molecule has 1 saturated heterocycles. The van der Waals surface area contributed by atoms with Gasteiger partial charge in [-0.15, -0.1) is 11.3 Å². The highest BCUT2D eigenvalue weighted by atomic mass is 79.9. The summed E-state index contributed by atoms with van der Waals surface area (Å²) in [6.07, 6.45) is 2.47. The summed E-state index contributed by atoms with van der Waals surface area (Å²) in [7, 11) is 0. The molecule has 1 N–H and O–H groups in total. The molecule has 1 atom stereocenters. The van der Waals surface area contributed by atoms with Crippen LogP contribution in [0.15, 0.2) is 40.3 Å². The van der Waals surface area contributed by atoms with Crippen LogP contribution >= 0.6 is 27.3 Å². The van der Waals surface area contributed by atoms with E-state index in [-0.39, 0.29) is 12.1 Å². The van der Waals surface area contributed by atoms with E-state index < -0.39 is 0 Å². The number of nitrogens with one attached hydrogen (secondary N) is 1. The number of carbonyl (C=O) groups is 1. The number of likely N-dealkylation sites (tertiary alicyclic amines) is 1. The van der Waals surface area contributed by atoms with Crippen LogP contribution in [0, 0.1) is 0 Å². The number of urea groups is 1. The Balaban J connectivity index is 1.56. The number of aromatic nitrogens is 1. The zero-order valence-corrected chi connectivity index (χ0v) is 13.6. The molecule has 0 radical (unpaired) electrons. The number of amides is 2. The van der Waals surface area contributed by atoms with Crippen molar-refractivity contribution in [3.63, 3.8) is 0 Å². The maximum absolute atomic E-state index is 12.1. The molecule has 2 aromatic heterocycles. The lowest BCUT2D eigenvalue weighted by atomic mass is 10.3. The molecule has 1 aliphatic heterocycles. The van der Waals surface area contributed by atoms with Gasteiger partial charge in [0, 0.05) is 19.2 Å². The van der Waals surface area contributed by atoms with Crippen LogP contribution < -0.4 is 10.1 Å². The molecule has 1 fully saturated rings. The van der Waals surface area contributed by atoms with Crippen LogP contribution in [0.3, 0.4) is 0 Å². The van der Waals surface area contributed by atoms with E-state index in [1.165, 1.54) is 11.3 Å². The first-order chi connectivity index (χ1) is 10.2. The first kappa shape index (κ1) is 14.3. The third-order valence-corrected chi connectivity index (χ3v) is 4.58. The van der Waals surface area contributed by atoms with Crippen LogP contribution in [0.1, 0.15) is 6.42 Å². The van der Waals surface area contributed by atoms with Crippen LogP contribution in [0.2, 0.25) is 0 Å². The van der Waals surface area contributed by atoms with Crippen molar-refractivity contribution in [3.05, 3.63) is 40.3 Å². The van der Waals surface area contributed by atoms with Gasteiger partial charge < -0.3 is 9.64 Å². The van der Waals surface area contributed by atoms with Gasteiger partial charge in [0.15, 0.2) is 0 Å². The third kappa shape index (κ3) is 3.54. The van der Waals surface area contributed by atoms with Gasteiger partial charge in [0.05, 0.1) is 16.0 Å². The molecular formula is C14H14BrN3O2S. The second-order valence-electron chi connectivity index (χ2n) is 4.67. The smallest absolute Gasteiger partial charge is 0.322 e. The Labute approximate surface area is 135 Å². The monoisotopic (exact) mass is 367 g/mol. The molecule has 5 nitrogen and oxygen atoms in total. The van der Waals surface area contributed by atoms with E-state index in [2.05, 4.69) is 26.2 Å². The van der Waals surface area contributed by atoms with Gasteiger partial charge in [-0.3, -0.25) is 5.32 Å². The first-order valence-electron chi connectivity index (χ1n) is 6.59. The summed E-state index contributed by atoms with van der Waals surface area (Å²) in [5.41, 5.74) is 0. The highest BCUT2D eigenvalue weighted by Crippen LogP contribution is 2.25. The maximum atomic E-state index is 12.1. The third-order valence-electron chi connectivity index (χ3n) is 3.19. The van der Waals surface area contributed by atoms with Crippen LogP contribution in [-0.4, -0.2) is 35.1 Å². The predicted octanol–water partition coefficient (Wildman–Crippen LogP) is 3.59. The van der Waals surface area contributed by atoms with Crippen molar-refractivity contribution in [1.29, 1.82) is 0 Å². The van der Waals surface area contributed by atoms with Crippen molar-refractivity contribution in [2.45, 2.75) is 12.5 Å². The molecule has 0 aliphatic carbocycles. The Kier molecular flexibility index (Phi) is 4.40. The van der Waals surface area contributed by atoms with Crippen LogP contribution in [0.25, 0.3) is 0 Å². The summed E-state index contributed by atoms with van der Waals surface area (Å²) in [5, 5.41) is 5.68. The quantitative estimate of drug-likeness (QED) is 0.901. The Bertz CT molecular complexity index is 620. The summed E-state index contributed by atoms with van der Waals surface area (Å²) in [4.78, 5) is 18.1. The van der Waals surface area contributed by atoms with Crippen molar-refractivity contribution in [1.82, 2.24) is 9.88 Å². The van der Waals surface area contributed by atoms with Crippen molar-refractivity contribution in [2.24, 2.45) is 0 Å². The molecule has 1 unspecified atom stereocenters. The van der Waals surface area contributed by atoms with E-state index in [0.717, 1.165) is 15.9 Å². The zero-order valence-electron chi connectivity index (χ0n) is 11.2. The molecular weight excluding hydrogens is 354 g/mol. The van der Waals surface area contributed by atoms with Crippen LogP contribution in [0.5, 0.6) is 5.88 Å². The van der Waals surface area contributed by atoms with Crippen molar-refractivity contribution >= 4 is 38.3 Å². The second-order valence-corrected chi connectivity index (χ2v) is 6.47. The molecule has 0 aromatic carbocycles. The predicted molar refractivity (Wildman–Crippen MR) is 85.9 cm³/mol. The number of rotatable bonds is 3. The molecule has 0 saturated carbocycles. The van der Waals surface area contributed by atoms with E-state index in [1.807, 2.05) is 29.6 Å². The maximum Gasteiger partial charge on any atom is 0.322 e. The fourth-order valence-electron chi connectivity index (χ4n) is 2.16. The SMILES string of the molecule is O=C(Nc1cccs1)N1CCC(Oc2ncccc2Br)C1. The average molecular weight is 368 g/mol. The number of carbonyl (C=O) groups excluding carboxylic acids is 1. The minimum atomic E-state index is -0.0800. The molecule has 1 aliphatic rings. The molecule has 0 bridgehead atoms. The molecule has 2 aromatic rings.